The second-order valence-corrected chi connectivity index (χ2v) is 5.87. The average Bonchev–Trinajstić information content (AvgIpc) is 2.70. The molecular formula is C14H13ClN4O2S. The van der Waals surface area contributed by atoms with Crippen molar-refractivity contribution in [3.8, 4) is 0 Å². The van der Waals surface area contributed by atoms with E-state index in [1.165, 1.54) is 13.7 Å². The maximum atomic E-state index is 12.7. The molecular weight excluding hydrogens is 324 g/mol. The Bertz CT molecular complexity index is 1040. The first-order valence-electron chi connectivity index (χ1n) is 6.53. The van der Waals surface area contributed by atoms with Crippen LogP contribution >= 0.6 is 23.8 Å². The fraction of sp³-hybridized carbons (Fsp3) is 0.214. The normalized spacial score (nSPS) is 11.2. The summed E-state index contributed by atoms with van der Waals surface area (Å²) < 4.78 is 4.40. The van der Waals surface area contributed by atoms with Crippen molar-refractivity contribution in [3.05, 3.63) is 60.5 Å². The van der Waals surface area contributed by atoms with Gasteiger partial charge in [-0.3, -0.25) is 18.5 Å². The number of fused-ring (bicyclic) bond motifs is 1. The number of halogens is 1. The summed E-state index contributed by atoms with van der Waals surface area (Å²) in [6.45, 7) is 0.310. The number of benzene rings is 1. The molecule has 3 rings (SSSR count). The molecule has 22 heavy (non-hydrogen) atoms. The lowest BCUT2D eigenvalue weighted by Crippen LogP contribution is -2.25. The molecule has 0 saturated heterocycles. The molecule has 2 heterocycles. The van der Waals surface area contributed by atoms with Gasteiger partial charge in [0.05, 0.1) is 6.54 Å². The molecule has 0 saturated carbocycles. The van der Waals surface area contributed by atoms with E-state index in [0.29, 0.717) is 22.7 Å². The third-order valence-electron chi connectivity index (χ3n) is 3.64. The number of aromatic amines is 1. The number of nitrogens with zero attached hydrogens (tertiary/aromatic N) is 3. The predicted octanol–water partition coefficient (Wildman–Crippen LogP) is 1.80. The number of aryl methyl sites for hydroxylation is 2. The third-order valence-corrected chi connectivity index (χ3v) is 4.22. The Labute approximate surface area is 135 Å². The van der Waals surface area contributed by atoms with Crippen molar-refractivity contribution in [2.24, 2.45) is 14.1 Å². The average molecular weight is 337 g/mol. The van der Waals surface area contributed by atoms with E-state index in [-0.39, 0.29) is 16.0 Å². The monoisotopic (exact) mass is 336 g/mol. The van der Waals surface area contributed by atoms with E-state index in [0.717, 1.165) is 5.56 Å². The van der Waals surface area contributed by atoms with Crippen molar-refractivity contribution in [1.82, 2.24) is 18.7 Å². The summed E-state index contributed by atoms with van der Waals surface area (Å²) >= 11 is 11.1. The lowest BCUT2D eigenvalue weighted by molar-refractivity contribution is 0.727. The SMILES string of the molecule is Cn1c(=O)n(C)c2c(=O)n(Cc3ccc(Cl)cc3)c(=S)[nH]c21. The Hall–Kier alpha value is -2.12. The van der Waals surface area contributed by atoms with Crippen LogP contribution in [-0.4, -0.2) is 18.7 Å². The van der Waals surface area contributed by atoms with Crippen molar-refractivity contribution in [2.75, 3.05) is 0 Å². The summed E-state index contributed by atoms with van der Waals surface area (Å²) in [4.78, 5) is 27.6. The number of imidazole rings is 1. The molecule has 1 aromatic carbocycles. The predicted molar refractivity (Wildman–Crippen MR) is 88.2 cm³/mol. The summed E-state index contributed by atoms with van der Waals surface area (Å²) in [6, 6.07) is 7.17. The summed E-state index contributed by atoms with van der Waals surface area (Å²) in [5, 5.41) is 0.627. The van der Waals surface area contributed by atoms with Crippen LogP contribution in [0.3, 0.4) is 0 Å². The highest BCUT2D eigenvalue weighted by Gasteiger charge is 2.15. The summed E-state index contributed by atoms with van der Waals surface area (Å²) in [5.41, 5.74) is 1.05. The molecule has 0 aliphatic carbocycles. The van der Waals surface area contributed by atoms with Gasteiger partial charge in [-0.05, 0) is 29.9 Å². The summed E-state index contributed by atoms with van der Waals surface area (Å²) in [5.74, 6) is 0. The molecule has 1 N–H and O–H groups in total. The molecule has 0 fully saturated rings. The van der Waals surface area contributed by atoms with Gasteiger partial charge >= 0.3 is 5.69 Å². The molecule has 0 atom stereocenters. The number of hydrogen-bond donors (Lipinski definition) is 1. The van der Waals surface area contributed by atoms with E-state index < -0.39 is 0 Å². The summed E-state index contributed by atoms with van der Waals surface area (Å²) in [7, 11) is 3.16. The first-order chi connectivity index (χ1) is 10.4. The van der Waals surface area contributed by atoms with Crippen molar-refractivity contribution >= 4 is 35.0 Å². The van der Waals surface area contributed by atoms with Crippen molar-refractivity contribution in [3.63, 3.8) is 0 Å². The second-order valence-electron chi connectivity index (χ2n) is 5.05. The Morgan fingerprint density at radius 2 is 1.77 bits per heavy atom. The van der Waals surface area contributed by atoms with Crippen molar-refractivity contribution in [1.29, 1.82) is 0 Å². The quantitative estimate of drug-likeness (QED) is 0.726. The molecule has 0 aliphatic heterocycles. The minimum absolute atomic E-state index is 0.272. The van der Waals surface area contributed by atoms with Crippen LogP contribution in [0.5, 0.6) is 0 Å². The molecule has 0 amide bonds. The molecule has 3 aromatic rings. The lowest BCUT2D eigenvalue weighted by atomic mass is 10.2. The topological polar surface area (TPSA) is 64.7 Å². The molecule has 0 spiro atoms. The van der Waals surface area contributed by atoms with Crippen molar-refractivity contribution in [2.45, 2.75) is 6.54 Å². The first-order valence-corrected chi connectivity index (χ1v) is 7.31. The van der Waals surface area contributed by atoms with E-state index in [4.69, 9.17) is 23.8 Å². The molecule has 2 aromatic heterocycles. The minimum Gasteiger partial charge on any atom is -0.316 e. The van der Waals surface area contributed by atoms with Crippen LogP contribution in [0.4, 0.5) is 0 Å². The van der Waals surface area contributed by atoms with Gasteiger partial charge in [0.15, 0.2) is 10.3 Å². The summed E-state index contributed by atoms with van der Waals surface area (Å²) in [6.07, 6.45) is 0. The smallest absolute Gasteiger partial charge is 0.316 e. The molecule has 0 radical (unpaired) electrons. The highest BCUT2D eigenvalue weighted by Crippen LogP contribution is 2.11. The number of rotatable bonds is 2. The zero-order valence-electron chi connectivity index (χ0n) is 12.0. The molecule has 8 heteroatoms. The van der Waals surface area contributed by atoms with Crippen LogP contribution in [0, 0.1) is 4.77 Å². The van der Waals surface area contributed by atoms with Gasteiger partial charge in [0, 0.05) is 19.1 Å². The molecule has 6 nitrogen and oxygen atoms in total. The van der Waals surface area contributed by atoms with Crippen LogP contribution < -0.4 is 11.2 Å². The fourth-order valence-corrected chi connectivity index (χ4v) is 2.80. The van der Waals surface area contributed by atoms with Gasteiger partial charge < -0.3 is 4.98 Å². The van der Waals surface area contributed by atoms with Gasteiger partial charge in [0.25, 0.3) is 5.56 Å². The van der Waals surface area contributed by atoms with E-state index in [2.05, 4.69) is 4.98 Å². The fourth-order valence-electron chi connectivity index (χ4n) is 2.43. The lowest BCUT2D eigenvalue weighted by Gasteiger charge is -2.07. The number of H-pyrrole nitrogens is 1. The van der Waals surface area contributed by atoms with Gasteiger partial charge in [-0.15, -0.1) is 0 Å². The van der Waals surface area contributed by atoms with E-state index >= 15 is 0 Å². The molecule has 114 valence electrons. The highest BCUT2D eigenvalue weighted by atomic mass is 35.5. The first kappa shape index (κ1) is 14.8. The standard InChI is InChI=1S/C14H13ClN4O2S/c1-17-10-11(18(2)14(17)21)16-13(22)19(12(10)20)7-8-3-5-9(15)6-4-8/h3-6H,7H2,1-2H3,(H,16,22). The second kappa shape index (κ2) is 5.26. The van der Waals surface area contributed by atoms with E-state index in [9.17, 15) is 9.59 Å². The maximum Gasteiger partial charge on any atom is 0.329 e. The Balaban J connectivity index is 2.25. The maximum absolute atomic E-state index is 12.7. The van der Waals surface area contributed by atoms with Gasteiger partial charge in [-0.25, -0.2) is 4.79 Å². The van der Waals surface area contributed by atoms with Crippen LogP contribution in [0.25, 0.3) is 11.2 Å². The van der Waals surface area contributed by atoms with E-state index in [1.807, 2.05) is 12.1 Å². The molecule has 0 aliphatic rings. The largest absolute Gasteiger partial charge is 0.329 e. The number of nitrogens with one attached hydrogen (secondary N) is 1. The third kappa shape index (κ3) is 2.22. The Morgan fingerprint density at radius 3 is 2.41 bits per heavy atom. The van der Waals surface area contributed by atoms with Crippen LogP contribution in [0.15, 0.2) is 33.9 Å². The molecule has 0 unspecified atom stereocenters. The molecule has 0 bridgehead atoms. The van der Waals surface area contributed by atoms with Crippen LogP contribution in [0.1, 0.15) is 5.56 Å². The number of hydrogen-bond acceptors (Lipinski definition) is 3. The van der Waals surface area contributed by atoms with Gasteiger partial charge in [0.2, 0.25) is 0 Å². The highest BCUT2D eigenvalue weighted by molar-refractivity contribution is 7.71. The van der Waals surface area contributed by atoms with Crippen LogP contribution in [0.2, 0.25) is 5.02 Å². The van der Waals surface area contributed by atoms with Gasteiger partial charge in [-0.2, -0.15) is 0 Å². The van der Waals surface area contributed by atoms with Gasteiger partial charge in [0.1, 0.15) is 5.65 Å². The Morgan fingerprint density at radius 1 is 1.14 bits per heavy atom. The van der Waals surface area contributed by atoms with E-state index in [1.54, 1.807) is 26.2 Å². The number of aromatic nitrogens is 4. The zero-order valence-corrected chi connectivity index (χ0v) is 13.5. The van der Waals surface area contributed by atoms with Crippen LogP contribution in [-0.2, 0) is 20.6 Å². The Kier molecular flexibility index (Phi) is 3.54. The van der Waals surface area contributed by atoms with Crippen molar-refractivity contribution < 1.29 is 0 Å². The van der Waals surface area contributed by atoms with Gasteiger partial charge in [-0.1, -0.05) is 23.7 Å². The minimum atomic E-state index is -0.297. The zero-order chi connectivity index (χ0) is 16.0.